The van der Waals surface area contributed by atoms with Crippen LogP contribution in [0.4, 0.5) is 0 Å². The zero-order chi connectivity index (χ0) is 13.1. The smallest absolute Gasteiger partial charge is 0.230 e. The summed E-state index contributed by atoms with van der Waals surface area (Å²) in [6.07, 6.45) is 1.89. The largest absolute Gasteiger partial charge is 0.346 e. The Bertz CT molecular complexity index is 421. The van der Waals surface area contributed by atoms with Gasteiger partial charge in [-0.2, -0.15) is 11.8 Å². The summed E-state index contributed by atoms with van der Waals surface area (Å²) < 4.78 is 0. The minimum atomic E-state index is -0.457. The maximum atomic E-state index is 11.6. The van der Waals surface area contributed by atoms with Gasteiger partial charge in [-0.3, -0.25) is 4.79 Å². The van der Waals surface area contributed by atoms with Crippen LogP contribution in [0, 0.1) is 0 Å². The lowest BCUT2D eigenvalue weighted by atomic mass is 9.94. The van der Waals surface area contributed by atoms with Crippen molar-refractivity contribution >= 4 is 40.9 Å². The van der Waals surface area contributed by atoms with Crippen molar-refractivity contribution in [2.45, 2.75) is 19.4 Å². The van der Waals surface area contributed by atoms with Crippen molar-refractivity contribution in [3.8, 4) is 0 Å². The number of thioether (sulfide) groups is 1. The first-order chi connectivity index (χ1) is 7.86. The molecule has 0 fully saturated rings. The quantitative estimate of drug-likeness (QED) is 0.916. The Kier molecular flexibility index (Phi) is 5.17. The molecule has 0 aliphatic rings. The predicted molar refractivity (Wildman–Crippen MR) is 76.0 cm³/mol. The molecule has 0 aliphatic carbocycles. The Balaban J connectivity index is 2.88. The van der Waals surface area contributed by atoms with Crippen LogP contribution in [0.1, 0.15) is 19.4 Å². The van der Waals surface area contributed by atoms with Gasteiger partial charge in [0.25, 0.3) is 0 Å². The number of benzene rings is 1. The van der Waals surface area contributed by atoms with Gasteiger partial charge >= 0.3 is 0 Å². The molecule has 0 saturated carbocycles. The van der Waals surface area contributed by atoms with Crippen LogP contribution in [0.15, 0.2) is 18.2 Å². The summed E-state index contributed by atoms with van der Waals surface area (Å²) in [4.78, 5) is 11.6. The third-order valence-corrected chi connectivity index (χ3v) is 3.66. The van der Waals surface area contributed by atoms with Crippen LogP contribution in [-0.2, 0) is 10.3 Å². The summed E-state index contributed by atoms with van der Waals surface area (Å²) in [6, 6.07) is 5.39. The highest BCUT2D eigenvalue weighted by Gasteiger charge is 2.23. The summed E-state index contributed by atoms with van der Waals surface area (Å²) in [6.45, 7) is 3.87. The first-order valence-electron chi connectivity index (χ1n) is 5.12. The fourth-order valence-electron chi connectivity index (χ4n) is 1.47. The third-order valence-electron chi connectivity index (χ3n) is 2.37. The molecule has 1 rings (SSSR count). The molecule has 0 saturated heterocycles. The maximum Gasteiger partial charge on any atom is 0.230 e. The SMILES string of the molecule is CSCC(=O)NC(C)(C)c1ccc(Cl)c(Cl)c1. The molecule has 0 aliphatic heterocycles. The van der Waals surface area contributed by atoms with Crippen molar-refractivity contribution in [3.63, 3.8) is 0 Å². The number of rotatable bonds is 4. The number of hydrogen-bond acceptors (Lipinski definition) is 2. The summed E-state index contributed by atoms with van der Waals surface area (Å²) in [5.74, 6) is 0.457. The number of halogens is 2. The van der Waals surface area contributed by atoms with Crippen molar-refractivity contribution in [1.82, 2.24) is 5.32 Å². The lowest BCUT2D eigenvalue weighted by molar-refractivity contribution is -0.120. The molecule has 94 valence electrons. The van der Waals surface area contributed by atoms with Gasteiger partial charge in [0.05, 0.1) is 21.3 Å². The van der Waals surface area contributed by atoms with Crippen LogP contribution in [-0.4, -0.2) is 17.9 Å². The molecular weight excluding hydrogens is 277 g/mol. The number of nitrogens with one attached hydrogen (secondary N) is 1. The summed E-state index contributed by atoms with van der Waals surface area (Å²) in [5.41, 5.74) is 0.475. The van der Waals surface area contributed by atoms with Gasteiger partial charge < -0.3 is 5.32 Å². The van der Waals surface area contributed by atoms with E-state index in [-0.39, 0.29) is 5.91 Å². The van der Waals surface area contributed by atoms with E-state index in [1.807, 2.05) is 26.2 Å². The lowest BCUT2D eigenvalue weighted by Crippen LogP contribution is -2.41. The minimum absolute atomic E-state index is 0.00794. The predicted octanol–water partition coefficient (Wildman–Crippen LogP) is 3.71. The van der Waals surface area contributed by atoms with Gasteiger partial charge in [0.15, 0.2) is 0 Å². The Morgan fingerprint density at radius 1 is 1.35 bits per heavy atom. The second-order valence-corrected chi connectivity index (χ2v) is 5.92. The monoisotopic (exact) mass is 291 g/mol. The van der Waals surface area contributed by atoms with Crippen molar-refractivity contribution in [3.05, 3.63) is 33.8 Å². The van der Waals surface area contributed by atoms with E-state index in [1.54, 1.807) is 12.1 Å². The molecule has 0 heterocycles. The van der Waals surface area contributed by atoms with Crippen LogP contribution in [0.5, 0.6) is 0 Å². The summed E-state index contributed by atoms with van der Waals surface area (Å²) >= 11 is 13.3. The number of hydrogen-bond donors (Lipinski definition) is 1. The molecule has 0 radical (unpaired) electrons. The van der Waals surface area contributed by atoms with Crippen molar-refractivity contribution in [2.24, 2.45) is 0 Å². The van der Waals surface area contributed by atoms with E-state index < -0.39 is 5.54 Å². The van der Waals surface area contributed by atoms with Crippen LogP contribution in [0.3, 0.4) is 0 Å². The molecule has 0 spiro atoms. The highest BCUT2D eigenvalue weighted by atomic mass is 35.5. The Hall–Kier alpha value is -0.380. The highest BCUT2D eigenvalue weighted by molar-refractivity contribution is 7.99. The van der Waals surface area contributed by atoms with Crippen molar-refractivity contribution in [1.29, 1.82) is 0 Å². The third kappa shape index (κ3) is 4.09. The van der Waals surface area contributed by atoms with Crippen molar-refractivity contribution < 1.29 is 4.79 Å². The number of amides is 1. The number of carbonyl (C=O) groups is 1. The van der Waals surface area contributed by atoms with Gasteiger partial charge in [0.2, 0.25) is 5.91 Å². The van der Waals surface area contributed by atoms with Gasteiger partial charge in [0.1, 0.15) is 0 Å². The van der Waals surface area contributed by atoms with Gasteiger partial charge in [0, 0.05) is 0 Å². The van der Waals surface area contributed by atoms with Crippen molar-refractivity contribution in [2.75, 3.05) is 12.0 Å². The first-order valence-corrected chi connectivity index (χ1v) is 7.27. The maximum absolute atomic E-state index is 11.6. The van der Waals surface area contributed by atoms with Crippen LogP contribution in [0.25, 0.3) is 0 Å². The standard InChI is InChI=1S/C12H15Cl2NOS/c1-12(2,15-11(16)7-17-3)8-4-5-9(13)10(14)6-8/h4-6H,7H2,1-3H3,(H,15,16). The number of carbonyl (C=O) groups excluding carboxylic acids is 1. The fraction of sp³-hybridized carbons (Fsp3) is 0.417. The van der Waals surface area contributed by atoms with Gasteiger partial charge in [-0.1, -0.05) is 29.3 Å². The molecule has 0 unspecified atom stereocenters. The average Bonchev–Trinajstić information content (AvgIpc) is 2.21. The molecule has 0 aromatic heterocycles. The Morgan fingerprint density at radius 2 is 2.00 bits per heavy atom. The van der Waals surface area contributed by atoms with Gasteiger partial charge in [-0.25, -0.2) is 0 Å². The second-order valence-electron chi connectivity index (χ2n) is 4.24. The van der Waals surface area contributed by atoms with E-state index >= 15 is 0 Å². The van der Waals surface area contributed by atoms with Crippen LogP contribution < -0.4 is 5.32 Å². The minimum Gasteiger partial charge on any atom is -0.346 e. The van der Waals surface area contributed by atoms with E-state index in [0.717, 1.165) is 5.56 Å². The Morgan fingerprint density at radius 3 is 2.53 bits per heavy atom. The molecular formula is C12H15Cl2NOS. The zero-order valence-electron chi connectivity index (χ0n) is 10.0. The summed E-state index contributed by atoms with van der Waals surface area (Å²) in [7, 11) is 0. The van der Waals surface area contributed by atoms with Crippen LogP contribution in [0.2, 0.25) is 10.0 Å². The molecule has 2 nitrogen and oxygen atoms in total. The molecule has 1 aromatic carbocycles. The molecule has 0 atom stereocenters. The van der Waals surface area contributed by atoms with E-state index in [9.17, 15) is 4.79 Å². The first kappa shape index (κ1) is 14.7. The van der Waals surface area contributed by atoms with E-state index in [1.165, 1.54) is 11.8 Å². The molecule has 0 bridgehead atoms. The zero-order valence-corrected chi connectivity index (χ0v) is 12.3. The molecule has 1 aromatic rings. The van der Waals surface area contributed by atoms with Gasteiger partial charge in [-0.15, -0.1) is 0 Å². The second kappa shape index (κ2) is 5.98. The molecule has 17 heavy (non-hydrogen) atoms. The topological polar surface area (TPSA) is 29.1 Å². The highest BCUT2D eigenvalue weighted by Crippen LogP contribution is 2.28. The van der Waals surface area contributed by atoms with E-state index in [0.29, 0.717) is 15.8 Å². The molecule has 1 amide bonds. The molecule has 1 N–H and O–H groups in total. The fourth-order valence-corrected chi connectivity index (χ4v) is 2.11. The lowest BCUT2D eigenvalue weighted by Gasteiger charge is -2.27. The van der Waals surface area contributed by atoms with Crippen LogP contribution >= 0.6 is 35.0 Å². The van der Waals surface area contributed by atoms with E-state index in [2.05, 4.69) is 5.32 Å². The normalized spacial score (nSPS) is 11.4. The Labute approximate surface area is 116 Å². The average molecular weight is 292 g/mol. The van der Waals surface area contributed by atoms with Gasteiger partial charge in [-0.05, 0) is 37.8 Å². The summed E-state index contributed by atoms with van der Waals surface area (Å²) in [5, 5.41) is 3.97. The van der Waals surface area contributed by atoms with E-state index in [4.69, 9.17) is 23.2 Å². The molecule has 5 heteroatoms.